The van der Waals surface area contributed by atoms with Crippen molar-refractivity contribution >= 4 is 17.8 Å². The van der Waals surface area contributed by atoms with Crippen molar-refractivity contribution in [3.05, 3.63) is 0 Å². The van der Waals surface area contributed by atoms with Crippen LogP contribution in [-0.2, 0) is 14.4 Å². The molecule has 3 N–H and O–H groups in total. The summed E-state index contributed by atoms with van der Waals surface area (Å²) in [6, 6.07) is -1.17. The molecule has 104 valence electrons. The molecule has 0 fully saturated rings. The molecule has 0 aromatic rings. The number of carboxylic acids is 1. The molecule has 18 heavy (non-hydrogen) atoms. The van der Waals surface area contributed by atoms with Crippen LogP contribution in [0.15, 0.2) is 0 Å². The number of carbonyl (C=O) groups excluding carboxylic acids is 2. The van der Waals surface area contributed by atoms with Crippen LogP contribution in [-0.4, -0.2) is 35.0 Å². The molecule has 6 nitrogen and oxygen atoms in total. The quantitative estimate of drug-likeness (QED) is 0.669. The Kier molecular flexibility index (Phi) is 5.81. The Morgan fingerprint density at radius 1 is 1.17 bits per heavy atom. The zero-order valence-electron chi connectivity index (χ0n) is 11.5. The topological polar surface area (TPSA) is 95.5 Å². The van der Waals surface area contributed by atoms with Gasteiger partial charge < -0.3 is 15.7 Å². The second-order valence-electron chi connectivity index (χ2n) is 5.45. The van der Waals surface area contributed by atoms with Gasteiger partial charge in [0.15, 0.2) is 0 Å². The fourth-order valence-electron chi connectivity index (χ4n) is 1.42. The molecule has 0 saturated heterocycles. The average Bonchev–Trinajstić information content (AvgIpc) is 2.13. The minimum Gasteiger partial charge on any atom is -0.481 e. The number of rotatable bonds is 5. The van der Waals surface area contributed by atoms with Crippen LogP contribution in [0.2, 0.25) is 0 Å². The highest BCUT2D eigenvalue weighted by Crippen LogP contribution is 2.21. The third kappa shape index (κ3) is 6.22. The minimum absolute atomic E-state index is 0.151. The van der Waals surface area contributed by atoms with E-state index in [-0.39, 0.29) is 23.7 Å². The Morgan fingerprint density at radius 3 is 2.00 bits per heavy atom. The summed E-state index contributed by atoms with van der Waals surface area (Å²) in [5, 5.41) is 13.9. The van der Waals surface area contributed by atoms with Crippen molar-refractivity contribution < 1.29 is 19.5 Å². The van der Waals surface area contributed by atoms with Gasteiger partial charge in [0.05, 0.1) is 6.42 Å². The van der Waals surface area contributed by atoms with E-state index in [0.29, 0.717) is 0 Å². The lowest BCUT2D eigenvalue weighted by molar-refractivity contribution is -0.139. The summed E-state index contributed by atoms with van der Waals surface area (Å²) in [6.07, 6.45) is -0.151. The first-order valence-electron chi connectivity index (χ1n) is 5.83. The number of carboxylic acid groups (broad SMARTS) is 1. The van der Waals surface area contributed by atoms with E-state index in [1.807, 2.05) is 20.8 Å². The third-order valence-electron chi connectivity index (χ3n) is 2.55. The van der Waals surface area contributed by atoms with Gasteiger partial charge >= 0.3 is 5.97 Å². The lowest BCUT2D eigenvalue weighted by atomic mass is 9.84. The van der Waals surface area contributed by atoms with Crippen LogP contribution >= 0.6 is 0 Å². The van der Waals surface area contributed by atoms with Crippen molar-refractivity contribution in [3.8, 4) is 0 Å². The highest BCUT2D eigenvalue weighted by Gasteiger charge is 2.29. The van der Waals surface area contributed by atoms with Crippen molar-refractivity contribution in [1.29, 1.82) is 0 Å². The largest absolute Gasteiger partial charge is 0.481 e. The van der Waals surface area contributed by atoms with Crippen LogP contribution in [0.5, 0.6) is 0 Å². The van der Waals surface area contributed by atoms with Crippen LogP contribution in [0, 0.1) is 5.41 Å². The van der Waals surface area contributed by atoms with Crippen molar-refractivity contribution in [2.24, 2.45) is 5.41 Å². The summed E-state index contributed by atoms with van der Waals surface area (Å²) in [7, 11) is 0. The highest BCUT2D eigenvalue weighted by molar-refractivity contribution is 5.87. The number of aliphatic carboxylic acids is 1. The predicted octanol–water partition coefficient (Wildman–Crippen LogP) is 0.517. The summed E-state index contributed by atoms with van der Waals surface area (Å²) in [5.41, 5.74) is -0.371. The molecule has 0 aliphatic carbocycles. The van der Waals surface area contributed by atoms with Gasteiger partial charge in [-0.15, -0.1) is 0 Å². The molecule has 0 aliphatic rings. The molecule has 2 unspecified atom stereocenters. The van der Waals surface area contributed by atoms with E-state index in [0.717, 1.165) is 0 Å². The van der Waals surface area contributed by atoms with Crippen molar-refractivity contribution in [2.75, 3.05) is 0 Å². The monoisotopic (exact) mass is 258 g/mol. The summed E-state index contributed by atoms with van der Waals surface area (Å²) in [4.78, 5) is 33.4. The maximum absolute atomic E-state index is 11.8. The van der Waals surface area contributed by atoms with Gasteiger partial charge in [-0.2, -0.15) is 0 Å². The third-order valence-corrected chi connectivity index (χ3v) is 2.55. The van der Waals surface area contributed by atoms with E-state index in [1.165, 1.54) is 6.92 Å². The fourth-order valence-corrected chi connectivity index (χ4v) is 1.42. The summed E-state index contributed by atoms with van der Waals surface area (Å²) >= 11 is 0. The number of hydrogen-bond donors (Lipinski definition) is 3. The number of carbonyl (C=O) groups is 3. The lowest BCUT2D eigenvalue weighted by Crippen LogP contribution is -2.51. The van der Waals surface area contributed by atoms with E-state index < -0.39 is 18.1 Å². The van der Waals surface area contributed by atoms with E-state index >= 15 is 0 Å². The van der Waals surface area contributed by atoms with Crippen molar-refractivity contribution in [3.63, 3.8) is 0 Å². The van der Waals surface area contributed by atoms with Gasteiger partial charge in [-0.1, -0.05) is 20.8 Å². The van der Waals surface area contributed by atoms with Gasteiger partial charge in [-0.3, -0.25) is 14.4 Å². The molecular formula is C12H22N2O4. The molecule has 0 rings (SSSR count). The fraction of sp³-hybridized carbons (Fsp3) is 0.750. The van der Waals surface area contributed by atoms with Crippen molar-refractivity contribution in [2.45, 2.75) is 53.1 Å². The molecule has 0 bridgehead atoms. The molecule has 0 spiro atoms. The zero-order chi connectivity index (χ0) is 14.5. The Labute approximate surface area is 107 Å². The zero-order valence-corrected chi connectivity index (χ0v) is 11.5. The number of hydrogen-bond acceptors (Lipinski definition) is 3. The Bertz CT molecular complexity index is 333. The molecule has 0 aromatic heterocycles. The molecule has 6 heteroatoms. The highest BCUT2D eigenvalue weighted by atomic mass is 16.4. The molecule has 0 aromatic carbocycles. The Hall–Kier alpha value is -1.59. The number of nitrogens with one attached hydrogen (secondary N) is 2. The van der Waals surface area contributed by atoms with E-state index in [9.17, 15) is 14.4 Å². The van der Waals surface area contributed by atoms with E-state index in [4.69, 9.17) is 5.11 Å². The Balaban J connectivity index is 4.63. The van der Waals surface area contributed by atoms with Crippen LogP contribution < -0.4 is 10.6 Å². The summed E-state index contributed by atoms with van der Waals surface area (Å²) < 4.78 is 0. The van der Waals surface area contributed by atoms with Gasteiger partial charge in [-0.05, 0) is 12.3 Å². The normalized spacial score (nSPS) is 14.5. The van der Waals surface area contributed by atoms with Gasteiger partial charge in [0.25, 0.3) is 0 Å². The van der Waals surface area contributed by atoms with Crippen molar-refractivity contribution in [1.82, 2.24) is 10.6 Å². The van der Waals surface area contributed by atoms with Crippen LogP contribution in [0.1, 0.15) is 41.0 Å². The minimum atomic E-state index is -0.970. The van der Waals surface area contributed by atoms with Crippen LogP contribution in [0.3, 0.4) is 0 Å². The lowest BCUT2D eigenvalue weighted by Gasteiger charge is -2.31. The first-order chi connectivity index (χ1) is 8.04. The molecule has 0 heterocycles. The van der Waals surface area contributed by atoms with Gasteiger partial charge in [0, 0.05) is 13.0 Å². The first-order valence-corrected chi connectivity index (χ1v) is 5.83. The molecular weight excluding hydrogens is 236 g/mol. The second kappa shape index (κ2) is 6.37. The smallest absolute Gasteiger partial charge is 0.305 e. The van der Waals surface area contributed by atoms with E-state index in [1.54, 1.807) is 6.92 Å². The first kappa shape index (κ1) is 16.4. The Morgan fingerprint density at radius 2 is 1.67 bits per heavy atom. The average molecular weight is 258 g/mol. The molecule has 0 aliphatic heterocycles. The summed E-state index contributed by atoms with van der Waals surface area (Å²) in [5.74, 6) is -1.66. The molecule has 2 amide bonds. The maximum Gasteiger partial charge on any atom is 0.305 e. The predicted molar refractivity (Wildman–Crippen MR) is 66.9 cm³/mol. The molecule has 0 saturated carbocycles. The van der Waals surface area contributed by atoms with Gasteiger partial charge in [-0.25, -0.2) is 0 Å². The van der Waals surface area contributed by atoms with Crippen LogP contribution in [0.4, 0.5) is 0 Å². The summed E-state index contributed by atoms with van der Waals surface area (Å²) in [6.45, 7) is 8.43. The number of amides is 2. The molecule has 2 atom stereocenters. The standard InChI is InChI=1S/C12H22N2O4/c1-7(13-8(2)15)11(18)14-9(6-10(16)17)12(3,4)5/h7,9H,6H2,1-5H3,(H,13,15)(H,14,18)(H,16,17). The second-order valence-corrected chi connectivity index (χ2v) is 5.45. The van der Waals surface area contributed by atoms with E-state index in [2.05, 4.69) is 10.6 Å². The molecule has 0 radical (unpaired) electrons. The maximum atomic E-state index is 11.8. The van der Waals surface area contributed by atoms with Crippen LogP contribution in [0.25, 0.3) is 0 Å². The van der Waals surface area contributed by atoms with Gasteiger partial charge in [0.2, 0.25) is 11.8 Å². The van der Waals surface area contributed by atoms with Gasteiger partial charge in [0.1, 0.15) is 6.04 Å². The SMILES string of the molecule is CC(=O)NC(C)C(=O)NC(CC(=O)O)C(C)(C)C.